The second kappa shape index (κ2) is 5.80. The van der Waals surface area contributed by atoms with Gasteiger partial charge in [0.2, 0.25) is 10.0 Å². The lowest BCUT2D eigenvalue weighted by atomic mass is 10.3. The quantitative estimate of drug-likeness (QED) is 0.656. The van der Waals surface area contributed by atoms with E-state index >= 15 is 0 Å². The summed E-state index contributed by atoms with van der Waals surface area (Å²) in [5.74, 6) is 0.111. The van der Waals surface area contributed by atoms with Crippen molar-refractivity contribution in [1.82, 2.24) is 9.62 Å². The van der Waals surface area contributed by atoms with Crippen molar-refractivity contribution in [3.05, 3.63) is 0 Å². The average Bonchev–Trinajstić information content (AvgIpc) is 2.00. The lowest BCUT2D eigenvalue weighted by Gasteiger charge is -2.19. The Morgan fingerprint density at radius 1 is 1.46 bits per heavy atom. The summed E-state index contributed by atoms with van der Waals surface area (Å²) in [6.07, 6.45) is 0. The standard InChI is InChI=1S/C7H17ClN2O2S/c1-7(10(2)3)6-9-13(11,12)5-4-8/h7,9H,4-6H2,1-3H3. The summed E-state index contributed by atoms with van der Waals surface area (Å²) in [7, 11) is 0.638. The average molecular weight is 229 g/mol. The van der Waals surface area contributed by atoms with Gasteiger partial charge in [0.25, 0.3) is 0 Å². The van der Waals surface area contributed by atoms with Crippen LogP contribution in [0.15, 0.2) is 0 Å². The maximum absolute atomic E-state index is 11.1. The number of nitrogens with one attached hydrogen (secondary N) is 1. The second-order valence-corrected chi connectivity index (χ2v) is 5.47. The van der Waals surface area contributed by atoms with E-state index in [1.807, 2.05) is 25.9 Å². The fourth-order valence-electron chi connectivity index (χ4n) is 0.604. The van der Waals surface area contributed by atoms with Crippen molar-refractivity contribution in [2.45, 2.75) is 13.0 Å². The van der Waals surface area contributed by atoms with E-state index in [1.165, 1.54) is 0 Å². The van der Waals surface area contributed by atoms with Crippen LogP contribution in [-0.2, 0) is 10.0 Å². The Balaban J connectivity index is 3.88. The lowest BCUT2D eigenvalue weighted by Crippen LogP contribution is -2.39. The van der Waals surface area contributed by atoms with Gasteiger partial charge in [-0.2, -0.15) is 0 Å². The van der Waals surface area contributed by atoms with E-state index in [-0.39, 0.29) is 17.7 Å². The Bertz CT molecular complexity index is 229. The van der Waals surface area contributed by atoms with E-state index in [0.29, 0.717) is 6.54 Å². The van der Waals surface area contributed by atoms with Crippen molar-refractivity contribution in [1.29, 1.82) is 0 Å². The molecule has 4 nitrogen and oxygen atoms in total. The molecule has 0 rings (SSSR count). The molecule has 0 amide bonds. The van der Waals surface area contributed by atoms with Crippen molar-refractivity contribution in [3.8, 4) is 0 Å². The first kappa shape index (κ1) is 13.2. The van der Waals surface area contributed by atoms with Gasteiger partial charge in [-0.1, -0.05) is 0 Å². The molecule has 0 aromatic heterocycles. The van der Waals surface area contributed by atoms with Gasteiger partial charge in [-0.15, -0.1) is 11.6 Å². The zero-order valence-electron chi connectivity index (χ0n) is 8.25. The summed E-state index contributed by atoms with van der Waals surface area (Å²) in [6.45, 7) is 2.37. The maximum atomic E-state index is 11.1. The molecule has 0 aromatic carbocycles. The molecule has 0 heterocycles. The predicted molar refractivity (Wildman–Crippen MR) is 55.7 cm³/mol. The number of likely N-dealkylation sites (N-methyl/N-ethyl adjacent to an activating group) is 1. The molecule has 1 N–H and O–H groups in total. The van der Waals surface area contributed by atoms with Crippen molar-refractivity contribution >= 4 is 21.6 Å². The highest BCUT2D eigenvalue weighted by atomic mass is 35.5. The molecule has 13 heavy (non-hydrogen) atoms. The topological polar surface area (TPSA) is 49.4 Å². The van der Waals surface area contributed by atoms with Crippen LogP contribution in [0.1, 0.15) is 6.92 Å². The van der Waals surface area contributed by atoms with Crippen molar-refractivity contribution in [2.24, 2.45) is 0 Å². The van der Waals surface area contributed by atoms with Crippen LogP contribution in [0, 0.1) is 0 Å². The van der Waals surface area contributed by atoms with E-state index < -0.39 is 10.0 Å². The number of rotatable bonds is 6. The Labute approximate surface area is 85.3 Å². The van der Waals surface area contributed by atoms with Crippen LogP contribution in [0.25, 0.3) is 0 Å². The molecular weight excluding hydrogens is 212 g/mol. The van der Waals surface area contributed by atoms with Crippen LogP contribution in [0.2, 0.25) is 0 Å². The summed E-state index contributed by atoms with van der Waals surface area (Å²) < 4.78 is 24.8. The third kappa shape index (κ3) is 6.26. The highest BCUT2D eigenvalue weighted by Gasteiger charge is 2.11. The molecule has 0 aliphatic rings. The monoisotopic (exact) mass is 228 g/mol. The molecule has 1 atom stereocenters. The first-order valence-electron chi connectivity index (χ1n) is 4.09. The van der Waals surface area contributed by atoms with E-state index in [4.69, 9.17) is 11.6 Å². The highest BCUT2D eigenvalue weighted by Crippen LogP contribution is 1.92. The number of halogens is 1. The molecule has 0 fully saturated rings. The first-order chi connectivity index (χ1) is 5.89. The molecule has 0 aliphatic heterocycles. The maximum Gasteiger partial charge on any atom is 0.212 e. The minimum Gasteiger partial charge on any atom is -0.305 e. The Morgan fingerprint density at radius 3 is 2.38 bits per heavy atom. The number of sulfonamides is 1. The van der Waals surface area contributed by atoms with Crippen LogP contribution in [-0.4, -0.2) is 51.6 Å². The van der Waals surface area contributed by atoms with Gasteiger partial charge in [0.15, 0.2) is 0 Å². The summed E-state index contributed by atoms with van der Waals surface area (Å²) in [5.41, 5.74) is 0. The number of alkyl halides is 1. The van der Waals surface area contributed by atoms with Gasteiger partial charge in [0, 0.05) is 18.5 Å². The molecule has 80 valence electrons. The second-order valence-electron chi connectivity index (χ2n) is 3.17. The van der Waals surface area contributed by atoms with Crippen LogP contribution in [0.4, 0.5) is 0 Å². The van der Waals surface area contributed by atoms with Gasteiger partial charge in [-0.05, 0) is 21.0 Å². The van der Waals surface area contributed by atoms with Crippen molar-refractivity contribution in [3.63, 3.8) is 0 Å². The van der Waals surface area contributed by atoms with Gasteiger partial charge in [0.1, 0.15) is 0 Å². The van der Waals surface area contributed by atoms with Gasteiger partial charge < -0.3 is 4.90 Å². The molecule has 0 saturated heterocycles. The van der Waals surface area contributed by atoms with Crippen molar-refractivity contribution < 1.29 is 8.42 Å². The third-order valence-electron chi connectivity index (χ3n) is 1.83. The third-order valence-corrected chi connectivity index (χ3v) is 3.59. The SMILES string of the molecule is CC(CNS(=O)(=O)CCCl)N(C)C. The van der Waals surface area contributed by atoms with Crippen LogP contribution in [0.3, 0.4) is 0 Å². The molecule has 6 heteroatoms. The minimum absolute atomic E-state index is 0.0191. The fourth-order valence-corrected chi connectivity index (χ4v) is 2.06. The number of hydrogen-bond donors (Lipinski definition) is 1. The summed E-state index contributed by atoms with van der Waals surface area (Å²) in [6, 6.07) is 0.185. The molecule has 0 aliphatic carbocycles. The lowest BCUT2D eigenvalue weighted by molar-refractivity contribution is 0.314. The van der Waals surface area contributed by atoms with Gasteiger partial charge in [0.05, 0.1) is 5.75 Å². The summed E-state index contributed by atoms with van der Waals surface area (Å²) in [5, 5.41) is 0. The van der Waals surface area contributed by atoms with E-state index in [0.717, 1.165) is 0 Å². The zero-order chi connectivity index (χ0) is 10.5. The molecule has 0 saturated carbocycles. The van der Waals surface area contributed by atoms with Crippen LogP contribution >= 0.6 is 11.6 Å². The zero-order valence-corrected chi connectivity index (χ0v) is 9.82. The van der Waals surface area contributed by atoms with Crippen LogP contribution in [0.5, 0.6) is 0 Å². The predicted octanol–water partition coefficient (Wildman–Crippen LogP) is 0.0947. The molecular formula is C7H17ClN2O2S. The normalized spacial score (nSPS) is 14.8. The number of hydrogen-bond acceptors (Lipinski definition) is 3. The summed E-state index contributed by atoms with van der Waals surface area (Å²) >= 11 is 5.33. The molecule has 0 radical (unpaired) electrons. The molecule has 1 unspecified atom stereocenters. The van der Waals surface area contributed by atoms with E-state index in [1.54, 1.807) is 0 Å². The van der Waals surface area contributed by atoms with Gasteiger partial charge >= 0.3 is 0 Å². The summed E-state index contributed by atoms with van der Waals surface area (Å²) in [4.78, 5) is 1.95. The fraction of sp³-hybridized carbons (Fsp3) is 1.00. The van der Waals surface area contributed by atoms with Crippen molar-refractivity contribution in [2.75, 3.05) is 32.3 Å². The van der Waals surface area contributed by atoms with E-state index in [2.05, 4.69) is 4.72 Å². The molecule has 0 spiro atoms. The Hall–Kier alpha value is 0.160. The van der Waals surface area contributed by atoms with Crippen LogP contribution < -0.4 is 4.72 Å². The Morgan fingerprint density at radius 2 is 2.00 bits per heavy atom. The number of nitrogens with zero attached hydrogens (tertiary/aromatic N) is 1. The Kier molecular flexibility index (Phi) is 5.87. The minimum atomic E-state index is -3.17. The van der Waals surface area contributed by atoms with Gasteiger partial charge in [-0.3, -0.25) is 0 Å². The van der Waals surface area contributed by atoms with Gasteiger partial charge in [-0.25, -0.2) is 13.1 Å². The van der Waals surface area contributed by atoms with E-state index in [9.17, 15) is 8.42 Å². The molecule has 0 aromatic rings. The molecule has 0 bridgehead atoms. The highest BCUT2D eigenvalue weighted by molar-refractivity contribution is 7.89. The largest absolute Gasteiger partial charge is 0.305 e. The smallest absolute Gasteiger partial charge is 0.212 e. The first-order valence-corrected chi connectivity index (χ1v) is 6.27.